The molecule has 1 unspecified atom stereocenters. The summed E-state index contributed by atoms with van der Waals surface area (Å²) in [5, 5.41) is 0.755. The molecule has 4 heteroatoms. The van der Waals surface area contributed by atoms with Crippen LogP contribution in [0.2, 0.25) is 0 Å². The highest BCUT2D eigenvalue weighted by Crippen LogP contribution is 2.23. The van der Waals surface area contributed by atoms with Crippen LogP contribution < -0.4 is 5.73 Å². The Morgan fingerprint density at radius 2 is 2.35 bits per heavy atom. The van der Waals surface area contributed by atoms with Crippen molar-refractivity contribution in [3.8, 4) is 0 Å². The monoisotopic (exact) mass is 314 g/mol. The zero-order valence-electron chi connectivity index (χ0n) is 10.2. The maximum Gasteiger partial charge on any atom is 0.0245 e. The summed E-state index contributed by atoms with van der Waals surface area (Å²) in [6.07, 6.45) is 0. The van der Waals surface area contributed by atoms with Crippen LogP contribution in [0.25, 0.3) is 0 Å². The van der Waals surface area contributed by atoms with Crippen LogP contribution >= 0.6 is 27.7 Å². The molecular formula is C13H19BrN2S. The molecule has 0 bridgehead atoms. The molecule has 0 aromatic heterocycles. The second-order valence-corrected chi connectivity index (χ2v) is 6.95. The number of hydrogen-bond donors (Lipinski definition) is 1. The molecule has 1 saturated heterocycles. The first-order valence-corrected chi connectivity index (χ1v) is 7.84. The van der Waals surface area contributed by atoms with Crippen molar-refractivity contribution >= 4 is 27.7 Å². The van der Waals surface area contributed by atoms with Crippen LogP contribution in [0.1, 0.15) is 18.1 Å². The van der Waals surface area contributed by atoms with Crippen LogP contribution in [0.4, 0.5) is 0 Å². The molecule has 0 amide bonds. The first kappa shape index (κ1) is 13.4. The van der Waals surface area contributed by atoms with E-state index in [1.807, 2.05) is 0 Å². The zero-order valence-corrected chi connectivity index (χ0v) is 12.6. The molecular weight excluding hydrogens is 296 g/mol. The molecule has 17 heavy (non-hydrogen) atoms. The third-order valence-electron chi connectivity index (χ3n) is 3.07. The minimum Gasteiger partial charge on any atom is -0.326 e. The van der Waals surface area contributed by atoms with Gasteiger partial charge >= 0.3 is 0 Å². The maximum atomic E-state index is 5.64. The van der Waals surface area contributed by atoms with Crippen molar-refractivity contribution in [2.75, 3.05) is 18.8 Å². The van der Waals surface area contributed by atoms with Gasteiger partial charge in [0, 0.05) is 41.7 Å². The van der Waals surface area contributed by atoms with Gasteiger partial charge in [0.05, 0.1) is 0 Å². The highest BCUT2D eigenvalue weighted by molar-refractivity contribution is 9.10. The summed E-state index contributed by atoms with van der Waals surface area (Å²) < 4.78 is 1.19. The van der Waals surface area contributed by atoms with E-state index < -0.39 is 0 Å². The van der Waals surface area contributed by atoms with Crippen molar-refractivity contribution < 1.29 is 0 Å². The van der Waals surface area contributed by atoms with E-state index in [0.717, 1.165) is 11.8 Å². The van der Waals surface area contributed by atoms with Crippen molar-refractivity contribution in [1.29, 1.82) is 0 Å². The Kier molecular flexibility index (Phi) is 4.91. The van der Waals surface area contributed by atoms with Gasteiger partial charge in [-0.1, -0.05) is 35.0 Å². The van der Waals surface area contributed by atoms with Gasteiger partial charge in [0.2, 0.25) is 0 Å². The number of nitrogens with zero attached hydrogens (tertiary/aromatic N) is 1. The van der Waals surface area contributed by atoms with Gasteiger partial charge in [0.25, 0.3) is 0 Å². The molecule has 0 saturated carbocycles. The molecule has 1 fully saturated rings. The van der Waals surface area contributed by atoms with Crippen molar-refractivity contribution in [2.24, 2.45) is 5.73 Å². The molecule has 1 aromatic carbocycles. The van der Waals surface area contributed by atoms with Crippen LogP contribution in [0.5, 0.6) is 0 Å². The molecule has 1 aliphatic heterocycles. The molecule has 1 aromatic rings. The summed E-state index contributed by atoms with van der Waals surface area (Å²) in [4.78, 5) is 2.53. The SMILES string of the molecule is CC1CN(Cc2ccc(CN)cc2Br)CCS1. The predicted octanol–water partition coefficient (Wildman–Crippen LogP) is 2.85. The fourth-order valence-electron chi connectivity index (χ4n) is 2.12. The van der Waals surface area contributed by atoms with E-state index in [0.29, 0.717) is 6.54 Å². The van der Waals surface area contributed by atoms with E-state index in [1.165, 1.54) is 34.4 Å². The average molecular weight is 315 g/mol. The van der Waals surface area contributed by atoms with Crippen molar-refractivity contribution in [1.82, 2.24) is 4.90 Å². The Morgan fingerprint density at radius 3 is 3.00 bits per heavy atom. The van der Waals surface area contributed by atoms with E-state index in [9.17, 15) is 0 Å². The zero-order chi connectivity index (χ0) is 12.3. The molecule has 2 nitrogen and oxygen atoms in total. The lowest BCUT2D eigenvalue weighted by Crippen LogP contribution is -2.36. The number of benzene rings is 1. The smallest absolute Gasteiger partial charge is 0.0245 e. The quantitative estimate of drug-likeness (QED) is 0.930. The lowest BCUT2D eigenvalue weighted by molar-refractivity contribution is 0.278. The summed E-state index contributed by atoms with van der Waals surface area (Å²) >= 11 is 5.72. The fourth-order valence-corrected chi connectivity index (χ4v) is 3.75. The standard InChI is InChI=1S/C13H19BrN2S/c1-10-8-16(4-5-17-10)9-12-3-2-11(7-15)6-13(12)14/h2-3,6,10H,4-5,7-9,15H2,1H3. The van der Waals surface area contributed by atoms with Crippen molar-refractivity contribution in [3.63, 3.8) is 0 Å². The van der Waals surface area contributed by atoms with Gasteiger partial charge < -0.3 is 5.73 Å². The molecule has 2 rings (SSSR count). The van der Waals surface area contributed by atoms with E-state index in [4.69, 9.17) is 5.73 Å². The third kappa shape index (κ3) is 3.71. The largest absolute Gasteiger partial charge is 0.326 e. The molecule has 0 aliphatic carbocycles. The van der Waals surface area contributed by atoms with Crippen molar-refractivity contribution in [3.05, 3.63) is 33.8 Å². The number of hydrogen-bond acceptors (Lipinski definition) is 3. The minimum atomic E-state index is 0.607. The van der Waals surface area contributed by atoms with E-state index >= 15 is 0 Å². The molecule has 1 aliphatic rings. The number of halogens is 1. The van der Waals surface area contributed by atoms with Gasteiger partial charge in [-0.05, 0) is 17.2 Å². The second-order valence-electron chi connectivity index (χ2n) is 4.55. The van der Waals surface area contributed by atoms with E-state index in [2.05, 4.69) is 57.7 Å². The molecule has 1 heterocycles. The summed E-state index contributed by atoms with van der Waals surface area (Å²) in [6, 6.07) is 6.46. The minimum absolute atomic E-state index is 0.607. The van der Waals surface area contributed by atoms with Crippen molar-refractivity contribution in [2.45, 2.75) is 25.3 Å². The van der Waals surface area contributed by atoms with Gasteiger partial charge in [-0.3, -0.25) is 4.90 Å². The molecule has 94 valence electrons. The van der Waals surface area contributed by atoms with E-state index in [-0.39, 0.29) is 0 Å². The number of rotatable bonds is 3. The Hall–Kier alpha value is -0.0300. The van der Waals surface area contributed by atoms with Gasteiger partial charge in [0.15, 0.2) is 0 Å². The lowest BCUT2D eigenvalue weighted by atomic mass is 10.1. The summed E-state index contributed by atoms with van der Waals surface area (Å²) in [7, 11) is 0. The summed E-state index contributed by atoms with van der Waals surface area (Å²) in [5.74, 6) is 1.25. The van der Waals surface area contributed by atoms with Gasteiger partial charge in [-0.25, -0.2) is 0 Å². The van der Waals surface area contributed by atoms with Gasteiger partial charge in [-0.2, -0.15) is 11.8 Å². The van der Waals surface area contributed by atoms with Crippen LogP contribution in [-0.2, 0) is 13.1 Å². The average Bonchev–Trinajstić information content (AvgIpc) is 2.32. The lowest BCUT2D eigenvalue weighted by Gasteiger charge is -2.30. The fraction of sp³-hybridized carbons (Fsp3) is 0.538. The normalized spacial score (nSPS) is 21.7. The first-order valence-electron chi connectivity index (χ1n) is 6.00. The highest BCUT2D eigenvalue weighted by Gasteiger charge is 2.17. The van der Waals surface area contributed by atoms with Crippen LogP contribution in [0.3, 0.4) is 0 Å². The Labute approximate surface area is 116 Å². The molecule has 0 radical (unpaired) electrons. The maximum absolute atomic E-state index is 5.64. The Balaban J connectivity index is 2.02. The molecule has 1 atom stereocenters. The predicted molar refractivity (Wildman–Crippen MR) is 79.2 cm³/mol. The van der Waals surface area contributed by atoms with Crippen LogP contribution in [-0.4, -0.2) is 29.0 Å². The van der Waals surface area contributed by atoms with Gasteiger partial charge in [0.1, 0.15) is 0 Å². The van der Waals surface area contributed by atoms with Gasteiger partial charge in [-0.15, -0.1) is 0 Å². The number of nitrogens with two attached hydrogens (primary N) is 1. The van der Waals surface area contributed by atoms with E-state index in [1.54, 1.807) is 0 Å². The Morgan fingerprint density at radius 1 is 1.53 bits per heavy atom. The topological polar surface area (TPSA) is 29.3 Å². The van der Waals surface area contributed by atoms with Crippen LogP contribution in [0.15, 0.2) is 22.7 Å². The molecule has 0 spiro atoms. The highest BCUT2D eigenvalue weighted by atomic mass is 79.9. The summed E-state index contributed by atoms with van der Waals surface area (Å²) in [6.45, 7) is 6.34. The summed E-state index contributed by atoms with van der Waals surface area (Å²) in [5.41, 5.74) is 8.18. The van der Waals surface area contributed by atoms with Crippen LogP contribution in [0, 0.1) is 0 Å². The Bertz CT molecular complexity index is 384. The molecule has 2 N–H and O–H groups in total. The number of thioether (sulfide) groups is 1. The first-order chi connectivity index (χ1) is 8.19. The third-order valence-corrected chi connectivity index (χ3v) is 4.95. The second kappa shape index (κ2) is 6.23.